The number of hydrogen-bond donors (Lipinski definition) is 1. The fourth-order valence-corrected chi connectivity index (χ4v) is 2.67. The lowest BCUT2D eigenvalue weighted by Gasteiger charge is -2.13. The molecule has 0 atom stereocenters. The van der Waals surface area contributed by atoms with E-state index < -0.39 is 39.5 Å². The molecule has 2 aromatic carbocycles. The minimum atomic E-state index is -1.00. The van der Waals surface area contributed by atoms with E-state index in [2.05, 4.69) is 0 Å². The van der Waals surface area contributed by atoms with Gasteiger partial charge >= 0.3 is 0 Å². The Morgan fingerprint density at radius 1 is 1.14 bits per heavy atom. The highest BCUT2D eigenvalue weighted by Crippen LogP contribution is 2.28. The van der Waals surface area contributed by atoms with Gasteiger partial charge in [0.05, 0.1) is 11.6 Å². The van der Waals surface area contributed by atoms with Gasteiger partial charge in [-0.05, 0) is 24.3 Å². The van der Waals surface area contributed by atoms with Crippen LogP contribution in [0.25, 0.3) is 5.69 Å². The Bertz CT molecular complexity index is 1150. The first-order valence-corrected chi connectivity index (χ1v) is 8.10. The van der Waals surface area contributed by atoms with Crippen molar-refractivity contribution in [2.24, 2.45) is 0 Å². The van der Waals surface area contributed by atoms with Crippen molar-refractivity contribution in [3.05, 3.63) is 86.6 Å². The van der Waals surface area contributed by atoms with Crippen LogP contribution in [0.15, 0.2) is 47.4 Å². The zero-order valence-corrected chi connectivity index (χ0v) is 14.7. The van der Waals surface area contributed by atoms with Crippen LogP contribution in [-0.2, 0) is 6.61 Å². The van der Waals surface area contributed by atoms with Gasteiger partial charge in [0.1, 0.15) is 40.5 Å². The van der Waals surface area contributed by atoms with Gasteiger partial charge in [0.2, 0.25) is 0 Å². The molecule has 0 amide bonds. The monoisotopic (exact) mass is 406 g/mol. The smallest absolute Gasteiger partial charge is 0.277 e. The number of aromatic nitrogens is 1. The predicted octanol–water partition coefficient (Wildman–Crippen LogP) is 4.06. The molecule has 3 aromatic rings. The van der Waals surface area contributed by atoms with Crippen LogP contribution in [0, 0.1) is 28.8 Å². The Labute approximate surface area is 161 Å². The SMILES string of the molecule is N#Cc1cc(O)c(-n2ccc(OCc3ccc(F)cc3F)c(Cl)c2=O)c(F)c1. The fourth-order valence-electron chi connectivity index (χ4n) is 2.46. The highest BCUT2D eigenvalue weighted by Gasteiger charge is 2.18. The Morgan fingerprint density at radius 2 is 1.89 bits per heavy atom. The van der Waals surface area contributed by atoms with Gasteiger partial charge < -0.3 is 9.84 Å². The second-order valence-electron chi connectivity index (χ2n) is 5.63. The number of phenols is 1. The summed E-state index contributed by atoms with van der Waals surface area (Å²) in [4.78, 5) is 12.5. The molecule has 0 bridgehead atoms. The molecule has 1 N–H and O–H groups in total. The van der Waals surface area contributed by atoms with E-state index in [1.807, 2.05) is 0 Å². The number of phenolic OH excluding ortho intramolecular Hbond substituents is 1. The van der Waals surface area contributed by atoms with Crippen molar-refractivity contribution in [3.8, 4) is 23.3 Å². The van der Waals surface area contributed by atoms with Crippen molar-refractivity contribution >= 4 is 11.6 Å². The van der Waals surface area contributed by atoms with E-state index in [0.717, 1.165) is 29.0 Å². The van der Waals surface area contributed by atoms with E-state index in [9.17, 15) is 23.1 Å². The molecule has 0 spiro atoms. The van der Waals surface area contributed by atoms with Crippen LogP contribution in [0.3, 0.4) is 0 Å². The highest BCUT2D eigenvalue weighted by molar-refractivity contribution is 6.31. The van der Waals surface area contributed by atoms with Crippen LogP contribution < -0.4 is 10.3 Å². The van der Waals surface area contributed by atoms with Crippen molar-refractivity contribution in [1.29, 1.82) is 5.26 Å². The second-order valence-corrected chi connectivity index (χ2v) is 6.01. The molecule has 0 fully saturated rings. The summed E-state index contributed by atoms with van der Waals surface area (Å²) in [5.74, 6) is -3.31. The molecule has 9 heteroatoms. The van der Waals surface area contributed by atoms with E-state index in [0.29, 0.717) is 6.07 Å². The molecule has 0 saturated carbocycles. The van der Waals surface area contributed by atoms with E-state index in [-0.39, 0.29) is 23.5 Å². The largest absolute Gasteiger partial charge is 0.506 e. The summed E-state index contributed by atoms with van der Waals surface area (Å²) < 4.78 is 46.9. The topological polar surface area (TPSA) is 75.2 Å². The zero-order valence-electron chi connectivity index (χ0n) is 13.9. The molecule has 28 heavy (non-hydrogen) atoms. The molecule has 3 rings (SSSR count). The zero-order chi connectivity index (χ0) is 20.4. The first-order valence-electron chi connectivity index (χ1n) is 7.72. The van der Waals surface area contributed by atoms with E-state index >= 15 is 0 Å². The summed E-state index contributed by atoms with van der Waals surface area (Å²) in [7, 11) is 0. The summed E-state index contributed by atoms with van der Waals surface area (Å²) in [6, 6.07) is 7.69. The van der Waals surface area contributed by atoms with Crippen molar-refractivity contribution in [3.63, 3.8) is 0 Å². The third-order valence-corrected chi connectivity index (χ3v) is 4.16. The maximum Gasteiger partial charge on any atom is 0.277 e. The van der Waals surface area contributed by atoms with E-state index in [1.165, 1.54) is 12.1 Å². The molecule has 5 nitrogen and oxygen atoms in total. The van der Waals surface area contributed by atoms with Gasteiger partial charge in [-0.2, -0.15) is 5.26 Å². The van der Waals surface area contributed by atoms with Crippen LogP contribution in [0.4, 0.5) is 13.2 Å². The molecule has 0 aliphatic rings. The average Bonchev–Trinajstić information content (AvgIpc) is 2.65. The summed E-state index contributed by atoms with van der Waals surface area (Å²) >= 11 is 5.97. The number of aromatic hydroxyl groups is 1. The van der Waals surface area contributed by atoms with Crippen molar-refractivity contribution < 1.29 is 23.0 Å². The van der Waals surface area contributed by atoms with Crippen LogP contribution >= 0.6 is 11.6 Å². The van der Waals surface area contributed by atoms with Gasteiger partial charge in [-0.1, -0.05) is 11.6 Å². The highest BCUT2D eigenvalue weighted by atomic mass is 35.5. The number of benzene rings is 2. The summed E-state index contributed by atoms with van der Waals surface area (Å²) in [5.41, 5.74) is -1.48. The standard InChI is InChI=1S/C19H10ClF3N2O3/c20-17-16(28-9-11-1-2-12(21)7-13(11)22)3-4-25(19(17)27)18-14(23)5-10(8-24)6-15(18)26/h1-7,26H,9H2. The molecule has 142 valence electrons. The lowest BCUT2D eigenvalue weighted by molar-refractivity contribution is 0.298. The number of nitrogens with zero attached hydrogens (tertiary/aromatic N) is 2. The maximum atomic E-state index is 14.2. The molecular weight excluding hydrogens is 397 g/mol. The number of ether oxygens (including phenoxy) is 1. The molecule has 1 heterocycles. The van der Waals surface area contributed by atoms with Gasteiger partial charge in [-0.25, -0.2) is 13.2 Å². The fraction of sp³-hybridized carbons (Fsp3) is 0.0526. The van der Waals surface area contributed by atoms with Crippen LogP contribution in [0.2, 0.25) is 5.02 Å². The first kappa shape index (κ1) is 19.3. The van der Waals surface area contributed by atoms with Crippen LogP contribution in [0.1, 0.15) is 11.1 Å². The summed E-state index contributed by atoms with van der Waals surface area (Å²) in [6.07, 6.45) is 1.11. The van der Waals surface area contributed by atoms with Crippen molar-refractivity contribution in [1.82, 2.24) is 4.57 Å². The quantitative estimate of drug-likeness (QED) is 0.709. The number of pyridine rings is 1. The van der Waals surface area contributed by atoms with Crippen LogP contribution in [0.5, 0.6) is 11.5 Å². The lowest BCUT2D eigenvalue weighted by Crippen LogP contribution is -2.20. The Kier molecular flexibility index (Phi) is 5.29. The van der Waals surface area contributed by atoms with E-state index in [4.69, 9.17) is 21.6 Å². The van der Waals surface area contributed by atoms with Crippen molar-refractivity contribution in [2.75, 3.05) is 0 Å². The number of halogens is 4. The number of nitriles is 1. The Balaban J connectivity index is 1.94. The molecule has 0 aliphatic carbocycles. The average molecular weight is 407 g/mol. The Morgan fingerprint density at radius 3 is 2.54 bits per heavy atom. The van der Waals surface area contributed by atoms with Crippen molar-refractivity contribution in [2.45, 2.75) is 6.61 Å². The normalized spacial score (nSPS) is 10.5. The molecular formula is C19H10ClF3N2O3. The number of hydrogen-bond acceptors (Lipinski definition) is 4. The second kappa shape index (κ2) is 7.66. The third kappa shape index (κ3) is 3.66. The summed E-state index contributed by atoms with van der Waals surface area (Å²) in [6.45, 7) is -0.328. The Hall–Kier alpha value is -3.44. The van der Waals surface area contributed by atoms with Gasteiger partial charge in [0.15, 0.2) is 5.82 Å². The van der Waals surface area contributed by atoms with Crippen LogP contribution in [-0.4, -0.2) is 9.67 Å². The minimum Gasteiger partial charge on any atom is -0.506 e. The van der Waals surface area contributed by atoms with Gasteiger partial charge in [0, 0.05) is 23.9 Å². The summed E-state index contributed by atoms with van der Waals surface area (Å²) in [5, 5.41) is 18.3. The van der Waals surface area contributed by atoms with Gasteiger partial charge in [0.25, 0.3) is 5.56 Å². The molecule has 0 aliphatic heterocycles. The molecule has 0 radical (unpaired) electrons. The lowest BCUT2D eigenvalue weighted by atomic mass is 10.2. The first-order chi connectivity index (χ1) is 13.3. The van der Waals surface area contributed by atoms with Gasteiger partial charge in [-0.15, -0.1) is 0 Å². The minimum absolute atomic E-state index is 0.0393. The van der Waals surface area contributed by atoms with Gasteiger partial charge in [-0.3, -0.25) is 9.36 Å². The third-order valence-electron chi connectivity index (χ3n) is 3.81. The van der Waals surface area contributed by atoms with E-state index in [1.54, 1.807) is 6.07 Å². The molecule has 1 aromatic heterocycles. The predicted molar refractivity (Wildman–Crippen MR) is 94.1 cm³/mol. The molecule has 0 saturated heterocycles. The number of rotatable bonds is 4. The maximum absolute atomic E-state index is 14.2. The molecule has 0 unspecified atom stereocenters.